The molecule has 0 aliphatic heterocycles. The van der Waals surface area contributed by atoms with Crippen LogP contribution >= 0.6 is 0 Å². The number of alkyl halides is 5. The second kappa shape index (κ2) is 13.4. The number of carbonyl (C=O) groups is 1. The minimum atomic E-state index is -4.68. The molecule has 4 rings (SSSR count). The van der Waals surface area contributed by atoms with Crippen molar-refractivity contribution in [1.82, 2.24) is 14.8 Å². The molecule has 1 aliphatic rings. The highest BCUT2D eigenvalue weighted by molar-refractivity contribution is 5.89. The van der Waals surface area contributed by atoms with Crippen molar-refractivity contribution >= 4 is 11.7 Å². The maximum atomic E-state index is 13.3. The van der Waals surface area contributed by atoms with Crippen molar-refractivity contribution in [2.45, 2.75) is 70.5 Å². The van der Waals surface area contributed by atoms with Crippen molar-refractivity contribution in [3.63, 3.8) is 0 Å². The third-order valence-electron chi connectivity index (χ3n) is 6.13. The van der Waals surface area contributed by atoms with Crippen LogP contribution in [-0.2, 0) is 17.5 Å². The smallest absolute Gasteiger partial charge is 0.309 e. The number of carbonyl (C=O) groups excluding carboxylic acids is 1. The zero-order valence-electron chi connectivity index (χ0n) is 21.1. The Bertz CT molecular complexity index is 1300. The van der Waals surface area contributed by atoms with Crippen LogP contribution in [0.4, 0.5) is 32.2 Å². The molecular weight excluding hydrogens is 526 g/mol. The van der Waals surface area contributed by atoms with Crippen LogP contribution < -0.4 is 10.9 Å². The Morgan fingerprint density at radius 1 is 1.10 bits per heavy atom. The van der Waals surface area contributed by atoms with Gasteiger partial charge in [0, 0.05) is 11.8 Å². The number of nitrogens with zero attached hydrogens (tertiary/aromatic N) is 3. The fourth-order valence-corrected chi connectivity index (χ4v) is 4.34. The summed E-state index contributed by atoms with van der Waals surface area (Å²) in [5, 5.41) is 6.13. The van der Waals surface area contributed by atoms with E-state index in [9.17, 15) is 35.9 Å². The number of aryl methyl sites for hydroxylation is 1. The third kappa shape index (κ3) is 8.93. The van der Waals surface area contributed by atoms with E-state index in [1.807, 2.05) is 13.0 Å². The molecule has 0 spiro atoms. The van der Waals surface area contributed by atoms with E-state index in [1.165, 1.54) is 24.4 Å². The lowest BCUT2D eigenvalue weighted by Gasteiger charge is -2.22. The first-order valence-corrected chi connectivity index (χ1v) is 12.4. The fourth-order valence-electron chi connectivity index (χ4n) is 4.34. The first kappa shape index (κ1) is 29.9. The Kier molecular flexibility index (Phi) is 10.2. The lowest BCUT2D eigenvalue weighted by atomic mass is 9.85. The van der Waals surface area contributed by atoms with Crippen LogP contribution in [0.3, 0.4) is 0 Å². The second-order valence-electron chi connectivity index (χ2n) is 9.22. The summed E-state index contributed by atoms with van der Waals surface area (Å²) in [6, 6.07) is 9.82. The van der Waals surface area contributed by atoms with Gasteiger partial charge in [0.15, 0.2) is 5.82 Å². The van der Waals surface area contributed by atoms with E-state index in [1.54, 1.807) is 6.07 Å². The number of halogens is 6. The standard InChI is InChI=1S/C20H21F5N4O2.C7H7F/c21-16(22)10-18(30)27-17-9-13(12-5-2-1-3-6-12)19(31)29(28-17)11-15-14(20(23,24)25)7-4-8-26-15;1-6-3-2-4-7(8)5-6/h4,7-9,12,16H,1-3,5-6,10-11H2,(H,27,28,30);2-5H,1H3. The Morgan fingerprint density at radius 3 is 2.41 bits per heavy atom. The molecule has 0 unspecified atom stereocenters. The highest BCUT2D eigenvalue weighted by Crippen LogP contribution is 2.33. The average molecular weight is 555 g/mol. The Hall–Kier alpha value is -3.70. The van der Waals surface area contributed by atoms with Gasteiger partial charge in [-0.25, -0.2) is 17.9 Å². The van der Waals surface area contributed by atoms with E-state index < -0.39 is 48.3 Å². The van der Waals surface area contributed by atoms with Gasteiger partial charge in [-0.3, -0.25) is 14.6 Å². The van der Waals surface area contributed by atoms with Gasteiger partial charge in [0.05, 0.1) is 24.2 Å². The summed E-state index contributed by atoms with van der Waals surface area (Å²) in [7, 11) is 0. The summed E-state index contributed by atoms with van der Waals surface area (Å²) < 4.78 is 77.9. The van der Waals surface area contributed by atoms with Crippen molar-refractivity contribution in [2.75, 3.05) is 5.32 Å². The molecule has 1 aliphatic carbocycles. The van der Waals surface area contributed by atoms with Crippen molar-refractivity contribution in [3.05, 3.63) is 87.2 Å². The van der Waals surface area contributed by atoms with Crippen LogP contribution in [0.5, 0.6) is 0 Å². The summed E-state index contributed by atoms with van der Waals surface area (Å²) in [6.45, 7) is 1.29. The van der Waals surface area contributed by atoms with Crippen LogP contribution in [0.15, 0.2) is 53.5 Å². The molecular formula is C27H28F6N4O2. The normalized spacial score (nSPS) is 14.1. The molecule has 1 aromatic carbocycles. The largest absolute Gasteiger partial charge is 0.418 e. The van der Waals surface area contributed by atoms with E-state index >= 15 is 0 Å². The van der Waals surface area contributed by atoms with Gasteiger partial charge in [-0.05, 0) is 61.6 Å². The van der Waals surface area contributed by atoms with Gasteiger partial charge in [-0.1, -0.05) is 31.4 Å². The number of hydrogen-bond acceptors (Lipinski definition) is 4. The van der Waals surface area contributed by atoms with E-state index in [2.05, 4.69) is 15.4 Å². The van der Waals surface area contributed by atoms with E-state index in [-0.39, 0.29) is 17.6 Å². The topological polar surface area (TPSA) is 76.9 Å². The maximum Gasteiger partial charge on any atom is 0.418 e. The second-order valence-corrected chi connectivity index (χ2v) is 9.22. The Labute approximate surface area is 221 Å². The maximum absolute atomic E-state index is 13.3. The molecule has 3 aromatic rings. The number of aromatic nitrogens is 3. The SMILES string of the molecule is Cc1cccc(F)c1.O=C(CC(F)F)Nc1cc(C2CCCCC2)c(=O)n(Cc2ncccc2C(F)(F)F)n1. The molecule has 1 N–H and O–H groups in total. The van der Waals surface area contributed by atoms with Gasteiger partial charge in [0.1, 0.15) is 5.82 Å². The van der Waals surface area contributed by atoms with E-state index in [0.29, 0.717) is 18.4 Å². The van der Waals surface area contributed by atoms with Crippen molar-refractivity contribution in [3.8, 4) is 0 Å². The number of hydrogen-bond donors (Lipinski definition) is 1. The van der Waals surface area contributed by atoms with Gasteiger partial charge >= 0.3 is 6.18 Å². The quantitative estimate of drug-likeness (QED) is 0.354. The molecule has 0 radical (unpaired) electrons. The van der Waals surface area contributed by atoms with Crippen LogP contribution in [-0.4, -0.2) is 27.1 Å². The lowest BCUT2D eigenvalue weighted by Crippen LogP contribution is -2.31. The van der Waals surface area contributed by atoms with Gasteiger partial charge in [-0.15, -0.1) is 0 Å². The molecule has 0 atom stereocenters. The predicted molar refractivity (Wildman–Crippen MR) is 133 cm³/mol. The molecule has 1 saturated carbocycles. The first-order valence-electron chi connectivity index (χ1n) is 12.4. The average Bonchev–Trinajstić information content (AvgIpc) is 2.86. The molecule has 0 bridgehead atoms. The van der Waals surface area contributed by atoms with Gasteiger partial charge in [0.25, 0.3) is 5.56 Å². The Balaban J connectivity index is 0.000000449. The predicted octanol–water partition coefficient (Wildman–Crippen LogP) is 6.48. The van der Waals surface area contributed by atoms with Gasteiger partial charge in [-0.2, -0.15) is 18.3 Å². The molecule has 2 heterocycles. The Morgan fingerprint density at radius 2 is 1.82 bits per heavy atom. The monoisotopic (exact) mass is 554 g/mol. The van der Waals surface area contributed by atoms with Crippen molar-refractivity contribution < 1.29 is 31.1 Å². The molecule has 1 fully saturated rings. The van der Waals surface area contributed by atoms with Crippen LogP contribution in [0.1, 0.15) is 66.8 Å². The molecule has 2 aromatic heterocycles. The van der Waals surface area contributed by atoms with Crippen LogP contribution in [0.25, 0.3) is 0 Å². The molecule has 6 nitrogen and oxygen atoms in total. The highest BCUT2D eigenvalue weighted by atomic mass is 19.4. The van der Waals surface area contributed by atoms with Crippen molar-refractivity contribution in [1.29, 1.82) is 0 Å². The van der Waals surface area contributed by atoms with Gasteiger partial charge < -0.3 is 5.32 Å². The number of pyridine rings is 1. The first-order chi connectivity index (χ1) is 18.4. The van der Waals surface area contributed by atoms with Gasteiger partial charge in [0.2, 0.25) is 12.3 Å². The summed E-state index contributed by atoms with van der Waals surface area (Å²) in [6.07, 6.45) is -3.23. The van der Waals surface area contributed by atoms with Crippen LogP contribution in [0, 0.1) is 12.7 Å². The number of nitrogens with one attached hydrogen (secondary N) is 1. The molecule has 39 heavy (non-hydrogen) atoms. The fraction of sp³-hybridized carbons (Fsp3) is 0.407. The third-order valence-corrected chi connectivity index (χ3v) is 6.13. The zero-order chi connectivity index (χ0) is 28.6. The van der Waals surface area contributed by atoms with E-state index in [0.717, 1.165) is 41.6 Å². The summed E-state index contributed by atoms with van der Waals surface area (Å²) >= 11 is 0. The highest BCUT2D eigenvalue weighted by Gasteiger charge is 2.34. The number of rotatable bonds is 6. The summed E-state index contributed by atoms with van der Waals surface area (Å²) in [4.78, 5) is 28.5. The van der Waals surface area contributed by atoms with E-state index in [4.69, 9.17) is 0 Å². The molecule has 1 amide bonds. The minimum absolute atomic E-state index is 0.146. The number of anilines is 1. The summed E-state index contributed by atoms with van der Waals surface area (Å²) in [5.41, 5.74) is -0.737. The number of benzene rings is 1. The molecule has 0 saturated heterocycles. The summed E-state index contributed by atoms with van der Waals surface area (Å²) in [5.74, 6) is -1.47. The zero-order valence-corrected chi connectivity index (χ0v) is 21.1. The minimum Gasteiger partial charge on any atom is -0.309 e. The molecule has 12 heteroatoms. The lowest BCUT2D eigenvalue weighted by molar-refractivity contribution is -0.138. The molecule has 210 valence electrons. The number of amides is 1. The van der Waals surface area contributed by atoms with Crippen molar-refractivity contribution in [2.24, 2.45) is 0 Å². The van der Waals surface area contributed by atoms with Crippen LogP contribution in [0.2, 0.25) is 0 Å².